The first-order valence-corrected chi connectivity index (χ1v) is 20.9. The number of hydrogen-bond donors (Lipinski definition) is 0. The van der Waals surface area contributed by atoms with Gasteiger partial charge in [0.2, 0.25) is 0 Å². The van der Waals surface area contributed by atoms with Crippen LogP contribution in [0.15, 0.2) is 127 Å². The summed E-state index contributed by atoms with van der Waals surface area (Å²) < 4.78 is 0. The Bertz CT molecular complexity index is 2170. The van der Waals surface area contributed by atoms with Gasteiger partial charge in [0.1, 0.15) is 22.8 Å². The maximum atomic E-state index is 14.0. The van der Waals surface area contributed by atoms with Crippen molar-refractivity contribution in [3.05, 3.63) is 136 Å². The molecule has 0 amide bonds. The van der Waals surface area contributed by atoms with Crippen LogP contribution in [0.1, 0.15) is 92.8 Å². The van der Waals surface area contributed by atoms with Gasteiger partial charge in [-0.15, -0.1) is 31.8 Å². The topological polar surface area (TPSA) is 83.6 Å². The Morgan fingerprint density at radius 2 is 0.772 bits per heavy atom. The van der Waals surface area contributed by atoms with E-state index in [0.29, 0.717) is 65.2 Å². The summed E-state index contributed by atoms with van der Waals surface area (Å²) in [6.45, 7) is 24.4. The van der Waals surface area contributed by atoms with Crippen LogP contribution in [0.25, 0.3) is 11.4 Å². The van der Waals surface area contributed by atoms with Gasteiger partial charge in [0.15, 0.2) is 11.6 Å². The Morgan fingerprint density at radius 3 is 1.04 bits per heavy atom. The van der Waals surface area contributed by atoms with E-state index in [-0.39, 0.29) is 11.6 Å². The molecule has 0 unspecified atom stereocenters. The standard InChI is InChI=1S/C46H48Cl4N4O2S/c1-43(2,3)29-19-25(20-30(41(29)55)44(4,5)6)39(53-51-35-15-13-27(47)23-33(35)49)37-17-18-38(57-37)40(54-52-36-16-14-28(48)24-34(36)50)26-21-31(45(7,8)9)42(56)32(22-26)46(10,11)12/h13-24H,1-12H3/b53-51+,54-52+. The molecule has 6 nitrogen and oxygen atoms in total. The Labute approximate surface area is 360 Å². The second-order valence-corrected chi connectivity index (χ2v) is 21.0. The minimum absolute atomic E-state index is 0.00525. The first kappa shape index (κ1) is 44.4. The summed E-state index contributed by atoms with van der Waals surface area (Å²) >= 11 is 27.0. The number of rotatable bonds is 6. The van der Waals surface area contributed by atoms with E-state index < -0.39 is 21.7 Å². The molecule has 5 rings (SSSR count). The molecule has 2 aliphatic carbocycles. The SMILES string of the molecule is CC(C)(C)C1=CC(=C(/N=N/c2ccc(Cl)cc2Cl)c2ccc(C(/N=N/c3ccc(Cl)cc3Cl)=C3C=C(C(C)(C)C)C(=O)C(C(C)(C)C)=C3)s2)C=C(C(C)(C)C)C1=O. The fraction of sp³-hybridized carbons (Fsp3) is 0.348. The number of Topliss-reactive ketones (excluding diaryl/α,β-unsaturated/α-hetero) is 2. The van der Waals surface area contributed by atoms with Crippen molar-refractivity contribution in [3.63, 3.8) is 0 Å². The van der Waals surface area contributed by atoms with E-state index in [4.69, 9.17) is 56.6 Å². The van der Waals surface area contributed by atoms with Gasteiger partial charge in [-0.3, -0.25) is 9.59 Å². The first-order chi connectivity index (χ1) is 26.3. The lowest BCUT2D eigenvalue weighted by atomic mass is 9.71. The van der Waals surface area contributed by atoms with Crippen LogP contribution in [-0.2, 0) is 9.59 Å². The molecular weight excluding hydrogens is 814 g/mol. The quantitative estimate of drug-likeness (QED) is 0.231. The molecule has 0 saturated carbocycles. The molecule has 0 saturated heterocycles. The molecule has 2 aromatic carbocycles. The Balaban J connectivity index is 1.85. The molecule has 2 aliphatic rings. The molecule has 1 heterocycles. The van der Waals surface area contributed by atoms with E-state index in [1.54, 1.807) is 36.4 Å². The van der Waals surface area contributed by atoms with E-state index in [1.165, 1.54) is 11.3 Å². The zero-order chi connectivity index (χ0) is 42.4. The van der Waals surface area contributed by atoms with Crippen molar-refractivity contribution in [2.75, 3.05) is 0 Å². The second-order valence-electron chi connectivity index (χ2n) is 18.3. The highest BCUT2D eigenvalue weighted by Crippen LogP contribution is 2.45. The van der Waals surface area contributed by atoms with Crippen LogP contribution in [0.5, 0.6) is 0 Å². The average Bonchev–Trinajstić information content (AvgIpc) is 3.55. The summed E-state index contributed by atoms with van der Waals surface area (Å²) in [6, 6.07) is 14.0. The number of hydrogen-bond acceptors (Lipinski definition) is 7. The van der Waals surface area contributed by atoms with Gasteiger partial charge >= 0.3 is 0 Å². The highest BCUT2D eigenvalue weighted by atomic mass is 35.5. The van der Waals surface area contributed by atoms with Crippen molar-refractivity contribution in [1.82, 2.24) is 0 Å². The van der Waals surface area contributed by atoms with Crippen LogP contribution >= 0.6 is 57.7 Å². The third kappa shape index (κ3) is 10.3. The predicted octanol–water partition coefficient (Wildman–Crippen LogP) is 16.4. The van der Waals surface area contributed by atoms with Gasteiger partial charge in [-0.25, -0.2) is 0 Å². The van der Waals surface area contributed by atoms with Crippen LogP contribution in [-0.4, -0.2) is 11.6 Å². The van der Waals surface area contributed by atoms with Crippen LogP contribution < -0.4 is 0 Å². The van der Waals surface area contributed by atoms with Gasteiger partial charge < -0.3 is 0 Å². The number of carbonyl (C=O) groups excluding carboxylic acids is 2. The summed E-state index contributed by atoms with van der Waals surface area (Å²) in [7, 11) is 0. The number of ketones is 2. The van der Waals surface area contributed by atoms with Crippen molar-refractivity contribution in [1.29, 1.82) is 0 Å². The number of halogens is 4. The smallest absolute Gasteiger partial charge is 0.186 e. The second kappa shape index (κ2) is 16.5. The molecular formula is C46H48Cl4N4O2S. The maximum Gasteiger partial charge on any atom is 0.186 e. The summed E-state index contributed by atoms with van der Waals surface area (Å²) in [5.74, 6) is 0.0105. The molecule has 3 aromatic rings. The summed E-state index contributed by atoms with van der Waals surface area (Å²) in [6.07, 6.45) is 7.67. The molecule has 0 N–H and O–H groups in total. The molecule has 0 radical (unpaired) electrons. The molecule has 0 fully saturated rings. The Kier molecular flexibility index (Phi) is 12.8. The predicted molar refractivity (Wildman–Crippen MR) is 240 cm³/mol. The maximum absolute atomic E-state index is 14.0. The molecule has 0 aliphatic heterocycles. The number of carbonyl (C=O) groups is 2. The number of benzene rings is 2. The lowest BCUT2D eigenvalue weighted by molar-refractivity contribution is -0.114. The third-order valence-corrected chi connectivity index (χ3v) is 11.5. The normalized spacial score (nSPS) is 16.0. The van der Waals surface area contributed by atoms with Gasteiger partial charge in [0.25, 0.3) is 0 Å². The Hall–Kier alpha value is -3.72. The zero-order valence-electron chi connectivity index (χ0n) is 34.5. The van der Waals surface area contributed by atoms with Gasteiger partial charge in [-0.05, 0) is 94.5 Å². The lowest BCUT2D eigenvalue weighted by Crippen LogP contribution is -2.28. The summed E-state index contributed by atoms with van der Waals surface area (Å²) in [5, 5.41) is 20.6. The van der Waals surface area contributed by atoms with Crippen molar-refractivity contribution < 1.29 is 9.59 Å². The van der Waals surface area contributed by atoms with E-state index in [2.05, 4.69) is 10.2 Å². The van der Waals surface area contributed by atoms with Crippen molar-refractivity contribution in [3.8, 4) is 0 Å². The van der Waals surface area contributed by atoms with E-state index >= 15 is 0 Å². The number of allylic oxidation sites excluding steroid dienone is 10. The van der Waals surface area contributed by atoms with Gasteiger partial charge in [-0.2, -0.15) is 0 Å². The molecule has 0 spiro atoms. The molecule has 57 heavy (non-hydrogen) atoms. The Morgan fingerprint density at radius 1 is 0.474 bits per heavy atom. The van der Waals surface area contributed by atoms with Crippen molar-refractivity contribution in [2.45, 2.75) is 83.1 Å². The van der Waals surface area contributed by atoms with Crippen LogP contribution in [0.3, 0.4) is 0 Å². The zero-order valence-corrected chi connectivity index (χ0v) is 38.3. The first-order valence-electron chi connectivity index (χ1n) is 18.6. The van der Waals surface area contributed by atoms with Gasteiger partial charge in [-0.1, -0.05) is 129 Å². The number of azo groups is 2. The molecule has 1 aromatic heterocycles. The van der Waals surface area contributed by atoms with Crippen LogP contribution in [0, 0.1) is 21.7 Å². The van der Waals surface area contributed by atoms with Crippen LogP contribution in [0.4, 0.5) is 11.4 Å². The van der Waals surface area contributed by atoms with Crippen LogP contribution in [0.2, 0.25) is 20.1 Å². The molecule has 0 bridgehead atoms. The van der Waals surface area contributed by atoms with Gasteiger partial charge in [0.05, 0.1) is 19.8 Å². The number of nitrogens with zero attached hydrogens (tertiary/aromatic N) is 4. The minimum atomic E-state index is -0.455. The largest absolute Gasteiger partial charge is 0.289 e. The third-order valence-electron chi connectivity index (χ3n) is 9.36. The minimum Gasteiger partial charge on any atom is -0.289 e. The van der Waals surface area contributed by atoms with Crippen molar-refractivity contribution in [2.24, 2.45) is 42.1 Å². The van der Waals surface area contributed by atoms with E-state index in [1.807, 2.05) is 120 Å². The average molecular weight is 863 g/mol. The summed E-state index contributed by atoms with van der Waals surface area (Å²) in [4.78, 5) is 29.5. The molecule has 11 heteroatoms. The fourth-order valence-corrected chi connectivity index (χ4v) is 8.10. The highest BCUT2D eigenvalue weighted by molar-refractivity contribution is 7.14. The van der Waals surface area contributed by atoms with E-state index in [0.717, 1.165) is 20.9 Å². The summed E-state index contributed by atoms with van der Waals surface area (Å²) in [5.41, 5.74) is 4.24. The molecule has 0 atom stereocenters. The monoisotopic (exact) mass is 860 g/mol. The molecule has 298 valence electrons. The highest BCUT2D eigenvalue weighted by Gasteiger charge is 2.36. The fourth-order valence-electron chi connectivity index (χ4n) is 6.18. The van der Waals surface area contributed by atoms with E-state index in [9.17, 15) is 9.59 Å². The number of thiophene rings is 1. The van der Waals surface area contributed by atoms with Gasteiger partial charge in [0, 0.05) is 43.5 Å². The lowest BCUT2D eigenvalue weighted by Gasteiger charge is -2.31. The van der Waals surface area contributed by atoms with Crippen molar-refractivity contribution >= 4 is 92.1 Å².